The van der Waals surface area contributed by atoms with E-state index in [1.807, 2.05) is 26.0 Å². The van der Waals surface area contributed by atoms with Crippen LogP contribution >= 0.6 is 0 Å². The molecule has 2 rings (SSSR count). The van der Waals surface area contributed by atoms with Crippen LogP contribution in [0.4, 0.5) is 5.69 Å². The zero-order valence-corrected chi connectivity index (χ0v) is 14.0. The number of carbonyl (C=O) groups excluding carboxylic acids is 2. The SMILES string of the molecule is CC(=O)NC(C(=O)N1CCN(c2ccccc2O)CC1)C(C)C. The number of amides is 2. The lowest BCUT2D eigenvalue weighted by Crippen LogP contribution is -2.56. The number of nitrogens with zero attached hydrogens (tertiary/aromatic N) is 2. The monoisotopic (exact) mass is 319 g/mol. The first-order valence-electron chi connectivity index (χ1n) is 7.99. The maximum Gasteiger partial charge on any atom is 0.245 e. The van der Waals surface area contributed by atoms with Gasteiger partial charge in [0.2, 0.25) is 11.8 Å². The number of aromatic hydroxyl groups is 1. The lowest BCUT2D eigenvalue weighted by molar-refractivity contribution is -0.137. The van der Waals surface area contributed by atoms with E-state index in [9.17, 15) is 14.7 Å². The van der Waals surface area contributed by atoms with Crippen LogP contribution in [0.2, 0.25) is 0 Å². The minimum absolute atomic E-state index is 0.0351. The molecule has 1 aliphatic heterocycles. The third-order valence-electron chi connectivity index (χ3n) is 4.11. The van der Waals surface area contributed by atoms with Gasteiger partial charge in [0.05, 0.1) is 5.69 Å². The van der Waals surface area contributed by atoms with Crippen molar-refractivity contribution in [3.05, 3.63) is 24.3 Å². The van der Waals surface area contributed by atoms with Gasteiger partial charge in [0.1, 0.15) is 11.8 Å². The van der Waals surface area contributed by atoms with Crippen molar-refractivity contribution in [1.29, 1.82) is 0 Å². The third kappa shape index (κ3) is 4.15. The molecule has 1 aliphatic rings. The number of hydrogen-bond donors (Lipinski definition) is 2. The van der Waals surface area contributed by atoms with E-state index in [1.165, 1.54) is 6.92 Å². The first kappa shape index (κ1) is 17.1. The maximum atomic E-state index is 12.6. The zero-order chi connectivity index (χ0) is 17.0. The van der Waals surface area contributed by atoms with Gasteiger partial charge in [-0.2, -0.15) is 0 Å². The van der Waals surface area contributed by atoms with Crippen molar-refractivity contribution < 1.29 is 14.7 Å². The van der Waals surface area contributed by atoms with Crippen molar-refractivity contribution in [3.63, 3.8) is 0 Å². The molecular formula is C17H25N3O3. The lowest BCUT2D eigenvalue weighted by Gasteiger charge is -2.38. The second-order valence-electron chi connectivity index (χ2n) is 6.22. The fraction of sp³-hybridized carbons (Fsp3) is 0.529. The molecule has 1 saturated heterocycles. The summed E-state index contributed by atoms with van der Waals surface area (Å²) in [5, 5.41) is 12.7. The van der Waals surface area contributed by atoms with Gasteiger partial charge >= 0.3 is 0 Å². The van der Waals surface area contributed by atoms with Crippen molar-refractivity contribution in [1.82, 2.24) is 10.2 Å². The number of nitrogens with one attached hydrogen (secondary N) is 1. The summed E-state index contributed by atoms with van der Waals surface area (Å²) >= 11 is 0. The highest BCUT2D eigenvalue weighted by molar-refractivity contribution is 5.87. The highest BCUT2D eigenvalue weighted by Crippen LogP contribution is 2.27. The predicted molar refractivity (Wildman–Crippen MR) is 89.3 cm³/mol. The number of rotatable bonds is 4. The number of carbonyl (C=O) groups is 2. The highest BCUT2D eigenvalue weighted by Gasteiger charge is 2.30. The van der Waals surface area contributed by atoms with E-state index in [2.05, 4.69) is 10.2 Å². The molecule has 6 heteroatoms. The molecule has 0 bridgehead atoms. The molecule has 23 heavy (non-hydrogen) atoms. The Bertz CT molecular complexity index is 566. The van der Waals surface area contributed by atoms with Crippen LogP contribution in [0.5, 0.6) is 5.75 Å². The Morgan fingerprint density at radius 1 is 1.13 bits per heavy atom. The molecule has 126 valence electrons. The molecule has 2 N–H and O–H groups in total. The molecule has 0 radical (unpaired) electrons. The van der Waals surface area contributed by atoms with E-state index < -0.39 is 6.04 Å². The summed E-state index contributed by atoms with van der Waals surface area (Å²) in [6, 6.07) is 6.74. The topological polar surface area (TPSA) is 72.9 Å². The maximum absolute atomic E-state index is 12.6. The van der Waals surface area contributed by atoms with Gasteiger partial charge < -0.3 is 20.2 Å². The van der Waals surface area contributed by atoms with Gasteiger partial charge in [0.25, 0.3) is 0 Å². The number of piperazine rings is 1. The van der Waals surface area contributed by atoms with Gasteiger partial charge in [-0.05, 0) is 18.1 Å². The normalized spacial score (nSPS) is 16.3. The molecule has 0 aromatic heterocycles. The van der Waals surface area contributed by atoms with Crippen LogP contribution in [0.3, 0.4) is 0 Å². The highest BCUT2D eigenvalue weighted by atomic mass is 16.3. The van der Waals surface area contributed by atoms with E-state index in [4.69, 9.17) is 0 Å². The molecule has 1 unspecified atom stereocenters. The second kappa shape index (κ2) is 7.35. The van der Waals surface area contributed by atoms with Crippen LogP contribution in [0, 0.1) is 5.92 Å². The number of para-hydroxylation sites is 2. The first-order valence-corrected chi connectivity index (χ1v) is 7.99. The summed E-state index contributed by atoms with van der Waals surface area (Å²) in [4.78, 5) is 27.8. The zero-order valence-electron chi connectivity index (χ0n) is 14.0. The summed E-state index contributed by atoms with van der Waals surface area (Å²) in [5.41, 5.74) is 0.793. The largest absolute Gasteiger partial charge is 0.506 e. The average Bonchev–Trinajstić information content (AvgIpc) is 2.52. The van der Waals surface area contributed by atoms with Crippen LogP contribution in [0.1, 0.15) is 20.8 Å². The quantitative estimate of drug-likeness (QED) is 0.875. The summed E-state index contributed by atoms with van der Waals surface area (Å²) < 4.78 is 0. The Hall–Kier alpha value is -2.24. The van der Waals surface area contributed by atoms with E-state index >= 15 is 0 Å². The summed E-state index contributed by atoms with van der Waals surface area (Å²) in [6.45, 7) is 7.76. The standard InChI is InChI=1S/C17H25N3O3/c1-12(2)16(18-13(3)21)17(23)20-10-8-19(9-11-20)14-6-4-5-7-15(14)22/h4-7,12,16,22H,8-11H2,1-3H3,(H,18,21). The van der Waals surface area contributed by atoms with Gasteiger partial charge in [-0.25, -0.2) is 0 Å². The minimum atomic E-state index is -0.482. The molecule has 0 aliphatic carbocycles. The van der Waals surface area contributed by atoms with Crippen LogP contribution in [-0.2, 0) is 9.59 Å². The Morgan fingerprint density at radius 3 is 2.26 bits per heavy atom. The smallest absolute Gasteiger partial charge is 0.245 e. The van der Waals surface area contributed by atoms with Crippen molar-refractivity contribution in [2.24, 2.45) is 5.92 Å². The lowest BCUT2D eigenvalue weighted by atomic mass is 10.0. The summed E-state index contributed by atoms with van der Waals surface area (Å²) in [6.07, 6.45) is 0. The number of benzene rings is 1. The van der Waals surface area contributed by atoms with Gasteiger partial charge in [0, 0.05) is 33.1 Å². The van der Waals surface area contributed by atoms with Crippen molar-refractivity contribution in [2.45, 2.75) is 26.8 Å². The summed E-state index contributed by atoms with van der Waals surface area (Å²) in [7, 11) is 0. The van der Waals surface area contributed by atoms with E-state index in [0.29, 0.717) is 26.2 Å². The first-order chi connectivity index (χ1) is 10.9. The van der Waals surface area contributed by atoms with Gasteiger partial charge in [-0.15, -0.1) is 0 Å². The number of hydrogen-bond acceptors (Lipinski definition) is 4. The van der Waals surface area contributed by atoms with E-state index in [-0.39, 0.29) is 23.5 Å². The van der Waals surface area contributed by atoms with Crippen molar-refractivity contribution in [2.75, 3.05) is 31.1 Å². The molecule has 6 nitrogen and oxygen atoms in total. The van der Waals surface area contributed by atoms with Crippen LogP contribution < -0.4 is 10.2 Å². The van der Waals surface area contributed by atoms with Gasteiger partial charge in [-0.3, -0.25) is 9.59 Å². The number of phenolic OH excluding ortho intramolecular Hbond substituents is 1. The van der Waals surface area contributed by atoms with Crippen molar-refractivity contribution in [3.8, 4) is 5.75 Å². The molecule has 1 fully saturated rings. The van der Waals surface area contributed by atoms with Crippen LogP contribution in [0.25, 0.3) is 0 Å². The fourth-order valence-corrected chi connectivity index (χ4v) is 2.83. The third-order valence-corrected chi connectivity index (χ3v) is 4.11. The van der Waals surface area contributed by atoms with Crippen LogP contribution in [0.15, 0.2) is 24.3 Å². The second-order valence-corrected chi connectivity index (χ2v) is 6.22. The summed E-state index contributed by atoms with van der Waals surface area (Å²) in [5.74, 6) is 0.0743. The molecular weight excluding hydrogens is 294 g/mol. The Balaban J connectivity index is 1.99. The molecule has 2 amide bonds. The van der Waals surface area contributed by atoms with Crippen molar-refractivity contribution >= 4 is 17.5 Å². The van der Waals surface area contributed by atoms with Gasteiger partial charge in [-0.1, -0.05) is 26.0 Å². The molecule has 0 spiro atoms. The molecule has 1 aromatic rings. The number of phenols is 1. The predicted octanol–water partition coefficient (Wildman–Crippen LogP) is 1.20. The Kier molecular flexibility index (Phi) is 5.47. The average molecular weight is 319 g/mol. The Morgan fingerprint density at radius 2 is 1.74 bits per heavy atom. The van der Waals surface area contributed by atoms with Crippen LogP contribution in [-0.4, -0.2) is 54.0 Å². The van der Waals surface area contributed by atoms with Gasteiger partial charge in [0.15, 0.2) is 0 Å². The fourth-order valence-electron chi connectivity index (χ4n) is 2.83. The Labute approximate surface area is 137 Å². The molecule has 0 saturated carbocycles. The number of anilines is 1. The van der Waals surface area contributed by atoms with E-state index in [1.54, 1.807) is 17.0 Å². The molecule has 1 aromatic carbocycles. The minimum Gasteiger partial charge on any atom is -0.506 e. The molecule has 1 atom stereocenters. The molecule has 1 heterocycles. The van der Waals surface area contributed by atoms with E-state index in [0.717, 1.165) is 5.69 Å².